The van der Waals surface area contributed by atoms with Gasteiger partial charge >= 0.3 is 0 Å². The van der Waals surface area contributed by atoms with Crippen molar-refractivity contribution in [3.8, 4) is 11.3 Å². The number of carbonyl (C=O) groups is 1. The Balaban J connectivity index is 0.000000739. The summed E-state index contributed by atoms with van der Waals surface area (Å²) in [6, 6.07) is 6.49. The molecule has 3 aromatic heterocycles. The Morgan fingerprint density at radius 2 is 1.90 bits per heavy atom. The standard InChI is InChI=1S/C19H24N6.2C2H6.CH2O/c1-3-25-10-4-5-14(12-25)23-18-15(7-6-13(2)22-18)17-11-21-19-16(24-17)8-9-20-19;3*1-2/h6-9,11,14H,3-5,10,12H2,1-2H3,(H,20,21)(H,22,23);2*1-2H3;1H2. The molecule has 0 saturated carbocycles. The lowest BCUT2D eigenvalue weighted by Gasteiger charge is -2.33. The van der Waals surface area contributed by atoms with Gasteiger partial charge in [-0.05, 0) is 51.1 Å². The third-order valence-electron chi connectivity index (χ3n) is 4.86. The lowest BCUT2D eigenvalue weighted by Crippen LogP contribution is -2.42. The summed E-state index contributed by atoms with van der Waals surface area (Å²) in [5.41, 5.74) is 4.55. The van der Waals surface area contributed by atoms with Crippen LogP contribution in [-0.4, -0.2) is 57.3 Å². The Bertz CT molecular complexity index is 895. The number of piperidine rings is 1. The minimum Gasteiger partial charge on any atom is -0.365 e. The van der Waals surface area contributed by atoms with E-state index in [1.54, 1.807) is 0 Å². The number of rotatable bonds is 4. The second-order valence-electron chi connectivity index (χ2n) is 6.69. The summed E-state index contributed by atoms with van der Waals surface area (Å²) in [6.07, 6.45) is 6.08. The van der Waals surface area contributed by atoms with Crippen molar-refractivity contribution >= 4 is 23.8 Å². The molecule has 1 fully saturated rings. The Morgan fingerprint density at radius 3 is 2.61 bits per heavy atom. The van der Waals surface area contributed by atoms with Crippen LogP contribution in [0.5, 0.6) is 0 Å². The van der Waals surface area contributed by atoms with Gasteiger partial charge in [0.05, 0.1) is 11.9 Å². The van der Waals surface area contributed by atoms with Gasteiger partial charge in [-0.25, -0.2) is 15.0 Å². The normalized spacial score (nSPS) is 15.5. The molecule has 4 heterocycles. The number of aromatic amines is 1. The van der Waals surface area contributed by atoms with Crippen LogP contribution < -0.4 is 5.32 Å². The van der Waals surface area contributed by atoms with Gasteiger partial charge in [-0.3, -0.25) is 0 Å². The Hall–Kier alpha value is -2.80. The number of pyridine rings is 1. The Kier molecular flexibility index (Phi) is 12.1. The van der Waals surface area contributed by atoms with Crippen LogP contribution >= 0.6 is 0 Å². The maximum Gasteiger partial charge on any atom is 0.156 e. The van der Waals surface area contributed by atoms with Gasteiger partial charge in [-0.2, -0.15) is 0 Å². The number of H-pyrrole nitrogens is 1. The van der Waals surface area contributed by atoms with Crippen LogP contribution in [0.15, 0.2) is 30.6 Å². The molecular formula is C24H38N6O. The van der Waals surface area contributed by atoms with Crippen molar-refractivity contribution in [3.63, 3.8) is 0 Å². The van der Waals surface area contributed by atoms with E-state index in [0.29, 0.717) is 6.04 Å². The molecular weight excluding hydrogens is 388 g/mol. The summed E-state index contributed by atoms with van der Waals surface area (Å²) >= 11 is 0. The topological polar surface area (TPSA) is 86.8 Å². The molecule has 170 valence electrons. The van der Waals surface area contributed by atoms with Gasteiger partial charge in [0.25, 0.3) is 0 Å². The van der Waals surface area contributed by atoms with E-state index >= 15 is 0 Å². The molecule has 0 bridgehead atoms. The average molecular weight is 427 g/mol. The van der Waals surface area contributed by atoms with E-state index in [2.05, 4.69) is 33.2 Å². The first-order valence-electron chi connectivity index (χ1n) is 11.3. The number of likely N-dealkylation sites (tertiary alicyclic amines) is 1. The quantitative estimate of drug-likeness (QED) is 0.604. The molecule has 1 unspecified atom stereocenters. The first-order valence-corrected chi connectivity index (χ1v) is 11.3. The monoisotopic (exact) mass is 426 g/mol. The van der Waals surface area contributed by atoms with Crippen molar-refractivity contribution in [3.05, 3.63) is 36.3 Å². The first-order chi connectivity index (χ1) is 15.2. The highest BCUT2D eigenvalue weighted by molar-refractivity contribution is 5.78. The number of hydrogen-bond acceptors (Lipinski definition) is 6. The number of carbonyl (C=O) groups excluding carboxylic acids is 1. The zero-order valence-electron chi connectivity index (χ0n) is 19.9. The maximum absolute atomic E-state index is 8.00. The van der Waals surface area contributed by atoms with Crippen LogP contribution in [0, 0.1) is 6.92 Å². The van der Waals surface area contributed by atoms with Gasteiger partial charge < -0.3 is 20.0 Å². The highest BCUT2D eigenvalue weighted by atomic mass is 16.1. The Morgan fingerprint density at radius 1 is 1.16 bits per heavy atom. The zero-order chi connectivity index (χ0) is 23.2. The molecule has 0 aliphatic carbocycles. The number of hydrogen-bond donors (Lipinski definition) is 2. The molecule has 7 heteroatoms. The summed E-state index contributed by atoms with van der Waals surface area (Å²) in [7, 11) is 0. The SMILES string of the molecule is C=O.CC.CC.CCN1CCCC(Nc2nc(C)ccc2-c2cnc3[nH]ccc3n2)C1. The number of aryl methyl sites for hydroxylation is 1. The van der Waals surface area contributed by atoms with Crippen molar-refractivity contribution in [2.75, 3.05) is 25.0 Å². The van der Waals surface area contributed by atoms with Crippen LogP contribution in [0.4, 0.5) is 5.82 Å². The van der Waals surface area contributed by atoms with E-state index in [1.165, 1.54) is 19.4 Å². The number of aromatic nitrogens is 4. The summed E-state index contributed by atoms with van der Waals surface area (Å²) in [5, 5.41) is 3.67. The summed E-state index contributed by atoms with van der Waals surface area (Å²) < 4.78 is 0. The molecule has 1 aliphatic rings. The van der Waals surface area contributed by atoms with E-state index in [-0.39, 0.29) is 0 Å². The molecule has 1 aliphatic heterocycles. The first kappa shape index (κ1) is 26.2. The zero-order valence-corrected chi connectivity index (χ0v) is 19.9. The number of nitrogens with one attached hydrogen (secondary N) is 2. The van der Waals surface area contributed by atoms with E-state index in [0.717, 1.165) is 47.0 Å². The maximum atomic E-state index is 8.00. The highest BCUT2D eigenvalue weighted by Crippen LogP contribution is 2.27. The third-order valence-corrected chi connectivity index (χ3v) is 4.86. The van der Waals surface area contributed by atoms with Crippen molar-refractivity contribution in [2.45, 2.75) is 60.4 Å². The van der Waals surface area contributed by atoms with Gasteiger partial charge in [-0.1, -0.05) is 34.6 Å². The van der Waals surface area contributed by atoms with E-state index < -0.39 is 0 Å². The molecule has 0 spiro atoms. The second kappa shape index (κ2) is 14.2. The number of fused-ring (bicyclic) bond motifs is 1. The Labute approximate surface area is 186 Å². The number of anilines is 1. The van der Waals surface area contributed by atoms with Crippen LogP contribution in [0.25, 0.3) is 22.4 Å². The lowest BCUT2D eigenvalue weighted by molar-refractivity contribution is -0.0979. The largest absolute Gasteiger partial charge is 0.365 e. The van der Waals surface area contributed by atoms with Crippen LogP contribution in [0.1, 0.15) is 53.2 Å². The van der Waals surface area contributed by atoms with Crippen LogP contribution in [0.3, 0.4) is 0 Å². The summed E-state index contributed by atoms with van der Waals surface area (Å²) in [4.78, 5) is 27.5. The minimum atomic E-state index is 0.422. The van der Waals surface area contributed by atoms with Crippen molar-refractivity contribution in [1.29, 1.82) is 0 Å². The number of nitrogens with zero attached hydrogens (tertiary/aromatic N) is 4. The fourth-order valence-corrected chi connectivity index (χ4v) is 3.49. The molecule has 1 atom stereocenters. The average Bonchev–Trinajstić information content (AvgIpc) is 3.31. The van der Waals surface area contributed by atoms with Gasteiger partial charge in [0.15, 0.2) is 5.65 Å². The molecule has 3 aromatic rings. The fourth-order valence-electron chi connectivity index (χ4n) is 3.49. The highest BCUT2D eigenvalue weighted by Gasteiger charge is 2.20. The van der Waals surface area contributed by atoms with Gasteiger partial charge in [0.1, 0.15) is 18.1 Å². The van der Waals surface area contributed by atoms with Crippen LogP contribution in [0.2, 0.25) is 0 Å². The van der Waals surface area contributed by atoms with Gasteiger partial charge in [0.2, 0.25) is 0 Å². The predicted molar refractivity (Wildman–Crippen MR) is 130 cm³/mol. The van der Waals surface area contributed by atoms with Crippen molar-refractivity contribution < 1.29 is 4.79 Å². The molecule has 0 radical (unpaired) electrons. The lowest BCUT2D eigenvalue weighted by atomic mass is 10.0. The predicted octanol–water partition coefficient (Wildman–Crippen LogP) is 5.09. The third kappa shape index (κ3) is 7.14. The molecule has 1 saturated heterocycles. The van der Waals surface area contributed by atoms with E-state index in [9.17, 15) is 0 Å². The second-order valence-corrected chi connectivity index (χ2v) is 6.69. The van der Waals surface area contributed by atoms with E-state index in [4.69, 9.17) is 14.8 Å². The molecule has 0 amide bonds. The fraction of sp³-hybridized carbons (Fsp3) is 0.500. The molecule has 4 rings (SSSR count). The molecule has 31 heavy (non-hydrogen) atoms. The van der Waals surface area contributed by atoms with Crippen LogP contribution in [-0.2, 0) is 4.79 Å². The van der Waals surface area contributed by atoms with Crippen molar-refractivity contribution in [1.82, 2.24) is 24.8 Å². The minimum absolute atomic E-state index is 0.422. The molecule has 7 nitrogen and oxygen atoms in total. The summed E-state index contributed by atoms with van der Waals surface area (Å²) in [5.74, 6) is 0.909. The molecule has 0 aromatic carbocycles. The van der Waals surface area contributed by atoms with Gasteiger partial charge in [-0.15, -0.1) is 0 Å². The number of likely N-dealkylation sites (N-methyl/N-ethyl adjacent to an activating group) is 1. The molecule has 2 N–H and O–H groups in total. The van der Waals surface area contributed by atoms with Crippen molar-refractivity contribution in [2.24, 2.45) is 0 Å². The summed E-state index contributed by atoms with van der Waals surface area (Å²) in [6.45, 7) is 17.6. The smallest absolute Gasteiger partial charge is 0.156 e. The van der Waals surface area contributed by atoms with Gasteiger partial charge in [0, 0.05) is 30.0 Å². The van der Waals surface area contributed by atoms with E-state index in [1.807, 2.05) is 65.9 Å².